The molecule has 1 heteroatoms. The Bertz CT molecular complexity index is 569. The van der Waals surface area contributed by atoms with Crippen LogP contribution < -0.4 is 0 Å². The van der Waals surface area contributed by atoms with Crippen LogP contribution in [0.4, 0.5) is 0 Å². The lowest BCUT2D eigenvalue weighted by Gasteiger charge is -2.19. The molecule has 2 rings (SSSR count). The molecule has 1 unspecified atom stereocenters. The number of hydrogen-bond donors (Lipinski definition) is 0. The van der Waals surface area contributed by atoms with E-state index >= 15 is 0 Å². The second-order valence-corrected chi connectivity index (χ2v) is 5.02. The number of carbonyl (C=O) groups is 1. The van der Waals surface area contributed by atoms with Crippen LogP contribution in [0.2, 0.25) is 0 Å². The molecule has 0 amide bonds. The lowest BCUT2D eigenvalue weighted by Crippen LogP contribution is -2.14. The standard InChI is InChI=1S/C18H20O/c1-4-17(19)18(15-8-6-5-7-9-15)16-12-13(2)10-11-14(16)3/h5-12,18H,4H2,1-3H3. The van der Waals surface area contributed by atoms with Crippen molar-refractivity contribution in [3.63, 3.8) is 0 Å². The van der Waals surface area contributed by atoms with Gasteiger partial charge in [-0.05, 0) is 30.5 Å². The second kappa shape index (κ2) is 5.83. The Morgan fingerprint density at radius 2 is 1.74 bits per heavy atom. The Morgan fingerprint density at radius 1 is 1.05 bits per heavy atom. The van der Waals surface area contributed by atoms with Crippen molar-refractivity contribution in [2.24, 2.45) is 0 Å². The van der Waals surface area contributed by atoms with Crippen LogP contribution in [0.1, 0.15) is 41.5 Å². The van der Waals surface area contributed by atoms with E-state index < -0.39 is 0 Å². The first-order chi connectivity index (χ1) is 9.13. The molecule has 1 atom stereocenters. The molecule has 19 heavy (non-hydrogen) atoms. The Hall–Kier alpha value is -1.89. The highest BCUT2D eigenvalue weighted by Crippen LogP contribution is 2.29. The Kier molecular flexibility index (Phi) is 4.16. The summed E-state index contributed by atoms with van der Waals surface area (Å²) < 4.78 is 0. The third kappa shape index (κ3) is 2.93. The maximum absolute atomic E-state index is 12.4. The highest BCUT2D eigenvalue weighted by atomic mass is 16.1. The zero-order valence-electron chi connectivity index (χ0n) is 11.8. The fraction of sp³-hybridized carbons (Fsp3) is 0.278. The van der Waals surface area contributed by atoms with E-state index in [1.165, 1.54) is 11.1 Å². The number of Topliss-reactive ketones (excluding diaryl/α,β-unsaturated/α-hetero) is 1. The van der Waals surface area contributed by atoms with Crippen LogP contribution in [0.15, 0.2) is 48.5 Å². The van der Waals surface area contributed by atoms with E-state index in [0.29, 0.717) is 6.42 Å². The molecule has 0 heterocycles. The van der Waals surface area contributed by atoms with Crippen molar-refractivity contribution in [3.05, 3.63) is 70.8 Å². The van der Waals surface area contributed by atoms with Crippen molar-refractivity contribution in [2.75, 3.05) is 0 Å². The van der Waals surface area contributed by atoms with Gasteiger partial charge in [0, 0.05) is 6.42 Å². The molecule has 0 aliphatic carbocycles. The van der Waals surface area contributed by atoms with E-state index in [0.717, 1.165) is 11.1 Å². The number of aryl methyl sites for hydroxylation is 2. The zero-order valence-corrected chi connectivity index (χ0v) is 11.8. The number of ketones is 1. The van der Waals surface area contributed by atoms with Gasteiger partial charge in [0.2, 0.25) is 0 Å². The summed E-state index contributed by atoms with van der Waals surface area (Å²) in [7, 11) is 0. The van der Waals surface area contributed by atoms with Crippen LogP contribution in [0.3, 0.4) is 0 Å². The molecule has 0 saturated carbocycles. The Balaban J connectivity index is 2.55. The smallest absolute Gasteiger partial charge is 0.144 e. The van der Waals surface area contributed by atoms with Crippen LogP contribution in [0.25, 0.3) is 0 Å². The molecule has 0 N–H and O–H groups in total. The van der Waals surface area contributed by atoms with Crippen LogP contribution in [-0.2, 0) is 4.79 Å². The summed E-state index contributed by atoms with van der Waals surface area (Å²) in [5.74, 6) is 0.144. The molecule has 1 nitrogen and oxygen atoms in total. The van der Waals surface area contributed by atoms with Crippen LogP contribution >= 0.6 is 0 Å². The van der Waals surface area contributed by atoms with Gasteiger partial charge in [-0.15, -0.1) is 0 Å². The van der Waals surface area contributed by atoms with E-state index in [4.69, 9.17) is 0 Å². The van der Waals surface area contributed by atoms with Crippen LogP contribution in [-0.4, -0.2) is 5.78 Å². The summed E-state index contributed by atoms with van der Waals surface area (Å²) in [5, 5.41) is 0. The molecular formula is C18H20O. The fourth-order valence-electron chi connectivity index (χ4n) is 2.46. The van der Waals surface area contributed by atoms with E-state index in [1.54, 1.807) is 0 Å². The summed E-state index contributed by atoms with van der Waals surface area (Å²) in [6.45, 7) is 6.08. The van der Waals surface area contributed by atoms with Crippen molar-refractivity contribution in [1.82, 2.24) is 0 Å². The maximum Gasteiger partial charge on any atom is 0.144 e. The van der Waals surface area contributed by atoms with Crippen molar-refractivity contribution in [1.29, 1.82) is 0 Å². The quantitative estimate of drug-likeness (QED) is 0.787. The van der Waals surface area contributed by atoms with Crippen molar-refractivity contribution < 1.29 is 4.79 Å². The Morgan fingerprint density at radius 3 is 2.37 bits per heavy atom. The van der Waals surface area contributed by atoms with Gasteiger partial charge in [-0.2, -0.15) is 0 Å². The molecular weight excluding hydrogens is 232 g/mol. The highest BCUT2D eigenvalue weighted by molar-refractivity contribution is 5.89. The molecule has 0 bridgehead atoms. The zero-order chi connectivity index (χ0) is 13.8. The molecule has 0 aromatic heterocycles. The summed E-state index contributed by atoms with van der Waals surface area (Å²) >= 11 is 0. The monoisotopic (exact) mass is 252 g/mol. The van der Waals surface area contributed by atoms with Gasteiger partial charge in [-0.3, -0.25) is 4.79 Å². The van der Waals surface area contributed by atoms with Crippen molar-refractivity contribution >= 4 is 5.78 Å². The molecule has 0 radical (unpaired) electrons. The molecule has 98 valence electrons. The Labute approximate surface area is 115 Å². The van der Waals surface area contributed by atoms with Gasteiger partial charge < -0.3 is 0 Å². The summed E-state index contributed by atoms with van der Waals surface area (Å²) in [5.41, 5.74) is 4.60. The molecule has 0 aliphatic rings. The average Bonchev–Trinajstić information content (AvgIpc) is 2.44. The lowest BCUT2D eigenvalue weighted by molar-refractivity contribution is -0.119. The minimum absolute atomic E-state index is 0.133. The molecule has 2 aromatic rings. The third-order valence-corrected chi connectivity index (χ3v) is 3.55. The SMILES string of the molecule is CCC(=O)C(c1ccccc1)c1cc(C)ccc1C. The lowest BCUT2D eigenvalue weighted by atomic mass is 9.84. The van der Waals surface area contributed by atoms with Gasteiger partial charge in [0.15, 0.2) is 0 Å². The summed E-state index contributed by atoms with van der Waals surface area (Å²) in [6, 6.07) is 16.4. The fourth-order valence-corrected chi connectivity index (χ4v) is 2.46. The maximum atomic E-state index is 12.4. The minimum atomic E-state index is -0.133. The predicted molar refractivity (Wildman–Crippen MR) is 79.5 cm³/mol. The highest BCUT2D eigenvalue weighted by Gasteiger charge is 2.22. The topological polar surface area (TPSA) is 17.1 Å². The minimum Gasteiger partial charge on any atom is -0.299 e. The normalized spacial score (nSPS) is 12.2. The summed E-state index contributed by atoms with van der Waals surface area (Å²) in [4.78, 5) is 12.4. The van der Waals surface area contributed by atoms with E-state index in [1.807, 2.05) is 37.3 Å². The average molecular weight is 252 g/mol. The molecule has 2 aromatic carbocycles. The van der Waals surface area contributed by atoms with Gasteiger partial charge in [0.25, 0.3) is 0 Å². The molecule has 0 fully saturated rings. The van der Waals surface area contributed by atoms with Gasteiger partial charge in [0.05, 0.1) is 5.92 Å². The van der Waals surface area contributed by atoms with Gasteiger partial charge in [-0.1, -0.05) is 61.0 Å². The molecule has 0 aliphatic heterocycles. The first-order valence-electron chi connectivity index (χ1n) is 6.78. The predicted octanol–water partition coefficient (Wildman–Crippen LogP) is 4.41. The van der Waals surface area contributed by atoms with Crippen molar-refractivity contribution in [3.8, 4) is 0 Å². The molecule has 0 saturated heterocycles. The first kappa shape index (κ1) is 13.5. The number of rotatable bonds is 4. The summed E-state index contributed by atoms with van der Waals surface area (Å²) in [6.07, 6.45) is 0.562. The van der Waals surface area contributed by atoms with E-state index in [2.05, 4.69) is 32.0 Å². The van der Waals surface area contributed by atoms with Crippen LogP contribution in [0.5, 0.6) is 0 Å². The third-order valence-electron chi connectivity index (χ3n) is 3.55. The molecule has 0 spiro atoms. The van der Waals surface area contributed by atoms with Gasteiger partial charge >= 0.3 is 0 Å². The van der Waals surface area contributed by atoms with Crippen molar-refractivity contribution in [2.45, 2.75) is 33.1 Å². The van der Waals surface area contributed by atoms with Crippen LogP contribution in [0, 0.1) is 13.8 Å². The van der Waals surface area contributed by atoms with E-state index in [9.17, 15) is 4.79 Å². The largest absolute Gasteiger partial charge is 0.299 e. The first-order valence-corrected chi connectivity index (χ1v) is 6.78. The van der Waals surface area contributed by atoms with Gasteiger partial charge in [-0.25, -0.2) is 0 Å². The van der Waals surface area contributed by atoms with Gasteiger partial charge in [0.1, 0.15) is 5.78 Å². The van der Waals surface area contributed by atoms with E-state index in [-0.39, 0.29) is 11.7 Å². The second-order valence-electron chi connectivity index (χ2n) is 5.02. The number of carbonyl (C=O) groups excluding carboxylic acids is 1. The number of hydrogen-bond acceptors (Lipinski definition) is 1. The number of benzene rings is 2.